The van der Waals surface area contributed by atoms with Crippen molar-refractivity contribution >= 4 is 28.3 Å². The van der Waals surface area contributed by atoms with Gasteiger partial charge in [-0.3, -0.25) is 0 Å². The van der Waals surface area contributed by atoms with E-state index in [2.05, 4.69) is 19.6 Å². The van der Waals surface area contributed by atoms with Crippen molar-refractivity contribution in [3.63, 3.8) is 0 Å². The van der Waals surface area contributed by atoms with Crippen LogP contribution in [0.4, 0.5) is 0 Å². The van der Waals surface area contributed by atoms with Crippen molar-refractivity contribution in [1.82, 2.24) is 0 Å². The molecule has 3 nitrogen and oxygen atoms in total. The first-order chi connectivity index (χ1) is 12.0. The number of carbonyl (C=O) groups is 1. The lowest BCUT2D eigenvalue weighted by Crippen LogP contribution is -2.14. The molecule has 2 aromatic carbocycles. The summed E-state index contributed by atoms with van der Waals surface area (Å²) in [6.07, 6.45) is 4.70. The van der Waals surface area contributed by atoms with E-state index >= 15 is 0 Å². The Morgan fingerprint density at radius 1 is 1.24 bits per heavy atom. The number of hydrogen-bond donors (Lipinski definition) is 0. The van der Waals surface area contributed by atoms with E-state index in [1.54, 1.807) is 20.1 Å². The summed E-state index contributed by atoms with van der Waals surface area (Å²) in [6.45, 7) is 7.47. The van der Waals surface area contributed by atoms with Crippen molar-refractivity contribution in [2.75, 3.05) is 7.11 Å². The van der Waals surface area contributed by atoms with Crippen LogP contribution in [0, 0.1) is 0 Å². The van der Waals surface area contributed by atoms with Gasteiger partial charge < -0.3 is 9.47 Å². The van der Waals surface area contributed by atoms with Gasteiger partial charge in [0.15, 0.2) is 0 Å². The number of hydrogen-bond acceptors (Lipinski definition) is 3. The summed E-state index contributed by atoms with van der Waals surface area (Å²) in [5.41, 5.74) is 3.77. The summed E-state index contributed by atoms with van der Waals surface area (Å²) in [6, 6.07) is 5.53. The predicted octanol–water partition coefficient (Wildman–Crippen LogP) is 5.42. The van der Waals surface area contributed by atoms with E-state index < -0.39 is 5.97 Å². The average molecular weight is 357 g/mol. The largest absolute Gasteiger partial charge is 0.496 e. The number of ether oxygens (including phenoxy) is 2. The molecule has 130 valence electrons. The Morgan fingerprint density at radius 2 is 2.00 bits per heavy atom. The monoisotopic (exact) mass is 356 g/mol. The fourth-order valence-electron chi connectivity index (χ4n) is 3.25. The zero-order valence-electron chi connectivity index (χ0n) is 14.7. The minimum Gasteiger partial charge on any atom is -0.496 e. The van der Waals surface area contributed by atoms with Gasteiger partial charge in [-0.15, -0.1) is 0 Å². The molecule has 1 aliphatic rings. The van der Waals surface area contributed by atoms with Crippen molar-refractivity contribution in [1.29, 1.82) is 0 Å². The highest BCUT2D eigenvalue weighted by atomic mass is 35.5. The maximum atomic E-state index is 12.2. The zero-order chi connectivity index (χ0) is 18.1. The summed E-state index contributed by atoms with van der Waals surface area (Å²) in [7, 11) is 1.66. The smallest absolute Gasteiger partial charge is 0.338 e. The third kappa shape index (κ3) is 3.16. The van der Waals surface area contributed by atoms with Gasteiger partial charge in [0.2, 0.25) is 0 Å². The second-order valence-corrected chi connectivity index (χ2v) is 6.71. The lowest BCUT2D eigenvalue weighted by molar-refractivity contribution is -0.130. The Balaban J connectivity index is 2.32. The molecule has 0 atom stereocenters. The molecule has 2 aromatic rings. The number of benzene rings is 2. The highest BCUT2D eigenvalue weighted by Gasteiger charge is 2.25. The van der Waals surface area contributed by atoms with Crippen LogP contribution in [0.25, 0.3) is 10.8 Å². The molecule has 0 amide bonds. The maximum absolute atomic E-state index is 12.2. The van der Waals surface area contributed by atoms with E-state index in [4.69, 9.17) is 21.1 Å². The van der Waals surface area contributed by atoms with Crippen LogP contribution < -0.4 is 9.47 Å². The molecule has 1 aliphatic carbocycles. The SMILES string of the molecule is C=C(C)C(=O)Oc1c2c(c(OC)c3cc(Cl)ccc13)CC=C(CC)C2. The van der Waals surface area contributed by atoms with Crippen LogP contribution >= 0.6 is 11.6 Å². The van der Waals surface area contributed by atoms with Gasteiger partial charge in [0.25, 0.3) is 0 Å². The van der Waals surface area contributed by atoms with Gasteiger partial charge in [-0.2, -0.15) is 0 Å². The van der Waals surface area contributed by atoms with Crippen molar-refractivity contribution in [3.05, 3.63) is 58.1 Å². The lowest BCUT2D eigenvalue weighted by Gasteiger charge is -2.24. The molecule has 25 heavy (non-hydrogen) atoms. The number of fused-ring (bicyclic) bond motifs is 2. The maximum Gasteiger partial charge on any atom is 0.338 e. The molecule has 0 saturated carbocycles. The zero-order valence-corrected chi connectivity index (χ0v) is 15.5. The first-order valence-electron chi connectivity index (χ1n) is 8.32. The Morgan fingerprint density at radius 3 is 2.64 bits per heavy atom. The van der Waals surface area contributed by atoms with Crippen LogP contribution in [0.3, 0.4) is 0 Å². The minimum absolute atomic E-state index is 0.369. The van der Waals surface area contributed by atoms with Crippen molar-refractivity contribution in [3.8, 4) is 11.5 Å². The third-order valence-corrected chi connectivity index (χ3v) is 4.82. The molecule has 4 heteroatoms. The molecule has 0 aliphatic heterocycles. The molecule has 0 fully saturated rings. The first kappa shape index (κ1) is 17.6. The molecular weight excluding hydrogens is 336 g/mol. The van der Waals surface area contributed by atoms with Gasteiger partial charge in [-0.05, 0) is 44.4 Å². The van der Waals surface area contributed by atoms with Crippen LogP contribution in [-0.4, -0.2) is 13.1 Å². The molecule has 3 rings (SSSR count). The summed E-state index contributed by atoms with van der Waals surface area (Å²) >= 11 is 6.20. The molecular formula is C21H21ClO3. The topological polar surface area (TPSA) is 35.5 Å². The first-order valence-corrected chi connectivity index (χ1v) is 8.70. The molecule has 0 spiro atoms. The predicted molar refractivity (Wildman–Crippen MR) is 102 cm³/mol. The van der Waals surface area contributed by atoms with Gasteiger partial charge in [0.05, 0.1) is 7.11 Å². The molecule has 0 aromatic heterocycles. The van der Waals surface area contributed by atoms with Crippen LogP contribution in [0.5, 0.6) is 11.5 Å². The fourth-order valence-corrected chi connectivity index (χ4v) is 3.42. The van der Waals surface area contributed by atoms with Crippen molar-refractivity contribution in [2.24, 2.45) is 0 Å². The Kier molecular flexibility index (Phi) is 4.87. The van der Waals surface area contributed by atoms with Gasteiger partial charge in [0, 0.05) is 32.5 Å². The third-order valence-electron chi connectivity index (χ3n) is 4.58. The second kappa shape index (κ2) is 6.93. The van der Waals surface area contributed by atoms with E-state index in [0.29, 0.717) is 16.3 Å². The normalized spacial score (nSPS) is 13.2. The Hall–Kier alpha value is -2.26. The summed E-state index contributed by atoms with van der Waals surface area (Å²) in [5, 5.41) is 2.29. The van der Waals surface area contributed by atoms with E-state index in [9.17, 15) is 4.79 Å². The second-order valence-electron chi connectivity index (χ2n) is 6.28. The van der Waals surface area contributed by atoms with Gasteiger partial charge in [-0.1, -0.05) is 36.8 Å². The number of esters is 1. The van der Waals surface area contributed by atoms with Gasteiger partial charge >= 0.3 is 5.97 Å². The highest BCUT2D eigenvalue weighted by Crippen LogP contribution is 2.45. The number of carbonyl (C=O) groups excluding carboxylic acids is 1. The van der Waals surface area contributed by atoms with Crippen molar-refractivity contribution < 1.29 is 14.3 Å². The van der Waals surface area contributed by atoms with Crippen LogP contribution in [0.2, 0.25) is 5.02 Å². The van der Waals surface area contributed by atoms with Gasteiger partial charge in [-0.25, -0.2) is 4.79 Å². The molecule has 0 heterocycles. The average Bonchev–Trinajstić information content (AvgIpc) is 2.60. The molecule has 0 bridgehead atoms. The summed E-state index contributed by atoms with van der Waals surface area (Å²) in [4.78, 5) is 12.2. The fraction of sp³-hybridized carbons (Fsp3) is 0.286. The molecule has 0 radical (unpaired) electrons. The van der Waals surface area contributed by atoms with E-state index in [1.165, 1.54) is 5.57 Å². The van der Waals surface area contributed by atoms with E-state index in [0.717, 1.165) is 46.9 Å². The van der Waals surface area contributed by atoms with Crippen LogP contribution in [-0.2, 0) is 17.6 Å². The van der Waals surface area contributed by atoms with E-state index in [-0.39, 0.29) is 0 Å². The standard InChI is InChI=1S/C21H21ClO3/c1-5-13-6-8-15-17(10-13)20(25-21(23)12(2)3)16-9-7-14(22)11-18(16)19(15)24-4/h6-7,9,11H,2,5,8,10H2,1,3-4H3. The number of allylic oxidation sites excluding steroid dienone is 2. The molecule has 0 unspecified atom stereocenters. The number of methoxy groups -OCH3 is 1. The highest BCUT2D eigenvalue weighted by molar-refractivity contribution is 6.31. The Bertz CT molecular complexity index is 909. The minimum atomic E-state index is -0.420. The van der Waals surface area contributed by atoms with Crippen LogP contribution in [0.1, 0.15) is 31.4 Å². The molecule has 0 N–H and O–H groups in total. The van der Waals surface area contributed by atoms with E-state index in [1.807, 2.05) is 12.1 Å². The summed E-state index contributed by atoms with van der Waals surface area (Å²) in [5.74, 6) is 0.972. The lowest BCUT2D eigenvalue weighted by atomic mass is 9.86. The quantitative estimate of drug-likeness (QED) is 0.317. The van der Waals surface area contributed by atoms with Crippen molar-refractivity contribution in [2.45, 2.75) is 33.1 Å². The number of rotatable bonds is 4. The van der Waals surface area contributed by atoms with Gasteiger partial charge in [0.1, 0.15) is 11.5 Å². The number of halogens is 1. The summed E-state index contributed by atoms with van der Waals surface area (Å²) < 4.78 is 11.5. The Labute approximate surface area is 152 Å². The van der Waals surface area contributed by atoms with Crippen LogP contribution in [0.15, 0.2) is 42.0 Å². The molecule has 0 saturated heterocycles.